The first-order valence-electron chi connectivity index (χ1n) is 12.0. The third kappa shape index (κ3) is 3.53. The van der Waals surface area contributed by atoms with Gasteiger partial charge >= 0.3 is 0 Å². The maximum Gasteiger partial charge on any atom is 0.165 e. The molecule has 0 aromatic carbocycles. The van der Waals surface area contributed by atoms with Gasteiger partial charge in [-0.05, 0) is 39.5 Å². The highest BCUT2D eigenvalue weighted by Gasteiger charge is 2.34. The molecule has 0 aliphatic heterocycles. The summed E-state index contributed by atoms with van der Waals surface area (Å²) >= 11 is 0. The Morgan fingerprint density at radius 2 is 1.94 bits per heavy atom. The number of aromatic nitrogens is 8. The molecule has 1 saturated carbocycles. The van der Waals surface area contributed by atoms with Gasteiger partial charge in [0.15, 0.2) is 17.0 Å². The fraction of sp³-hybridized carbons (Fsp3) is 0.500. The molecule has 176 valence electrons. The van der Waals surface area contributed by atoms with E-state index in [1.165, 1.54) is 11.4 Å². The Balaban J connectivity index is 1.28. The molecule has 0 saturated heterocycles. The smallest absolute Gasteiger partial charge is 0.165 e. The molecule has 0 spiro atoms. The minimum atomic E-state index is 0.261. The maximum atomic E-state index is 5.48. The van der Waals surface area contributed by atoms with Crippen molar-refractivity contribution in [1.29, 1.82) is 0 Å². The highest BCUT2D eigenvalue weighted by atomic mass is 16.5. The Labute approximate surface area is 197 Å². The Bertz CT molecular complexity index is 1320. The lowest BCUT2D eigenvalue weighted by molar-refractivity contribution is 0.00531. The molecule has 6 rings (SSSR count). The highest BCUT2D eigenvalue weighted by Crippen LogP contribution is 2.37. The number of methoxy groups -OCH3 is 1. The Hall–Kier alpha value is -3.40. The van der Waals surface area contributed by atoms with Gasteiger partial charge in [0.2, 0.25) is 0 Å². The van der Waals surface area contributed by atoms with Crippen molar-refractivity contribution in [3.8, 4) is 11.4 Å². The largest absolute Gasteiger partial charge is 0.381 e. The molecule has 4 heterocycles. The van der Waals surface area contributed by atoms with Crippen LogP contribution in [-0.4, -0.2) is 58.3 Å². The van der Waals surface area contributed by atoms with Crippen LogP contribution in [0.25, 0.3) is 22.6 Å². The summed E-state index contributed by atoms with van der Waals surface area (Å²) in [5.41, 5.74) is 5.03. The summed E-state index contributed by atoms with van der Waals surface area (Å²) in [7, 11) is 1.80. The van der Waals surface area contributed by atoms with Crippen molar-refractivity contribution in [3.63, 3.8) is 0 Å². The van der Waals surface area contributed by atoms with E-state index in [4.69, 9.17) is 14.7 Å². The van der Waals surface area contributed by atoms with E-state index < -0.39 is 0 Å². The van der Waals surface area contributed by atoms with E-state index in [2.05, 4.69) is 41.3 Å². The number of hydrogen-bond donors (Lipinski definition) is 1. The molecule has 0 unspecified atom stereocenters. The third-order valence-electron chi connectivity index (χ3n) is 7.18. The molecule has 10 nitrogen and oxygen atoms in total. The summed E-state index contributed by atoms with van der Waals surface area (Å²) in [4.78, 5) is 27.5. The van der Waals surface area contributed by atoms with Gasteiger partial charge < -0.3 is 19.2 Å². The summed E-state index contributed by atoms with van der Waals surface area (Å²) in [5, 5.41) is 3.68. The zero-order valence-corrected chi connectivity index (χ0v) is 19.8. The lowest BCUT2D eigenvalue weighted by atomic mass is 9.87. The molecular weight excluding hydrogens is 430 g/mol. The van der Waals surface area contributed by atoms with Crippen molar-refractivity contribution in [1.82, 2.24) is 39.0 Å². The fourth-order valence-electron chi connectivity index (χ4n) is 5.16. The minimum Gasteiger partial charge on any atom is -0.381 e. The molecule has 0 amide bonds. The topological polar surface area (TPSA) is 108 Å². The summed E-state index contributed by atoms with van der Waals surface area (Å²) in [6, 6.07) is 0.752. The summed E-state index contributed by atoms with van der Waals surface area (Å²) in [5.74, 6) is 2.32. The molecule has 4 aromatic rings. The number of imidazole rings is 2. The van der Waals surface area contributed by atoms with Crippen LogP contribution >= 0.6 is 0 Å². The average molecular weight is 460 g/mol. The number of nitrogens with zero attached hydrogens (tertiary/aromatic N) is 8. The van der Waals surface area contributed by atoms with E-state index in [-0.39, 0.29) is 6.04 Å². The second-order valence-electron chi connectivity index (χ2n) is 9.21. The van der Waals surface area contributed by atoms with E-state index in [0.717, 1.165) is 72.8 Å². The van der Waals surface area contributed by atoms with Gasteiger partial charge in [-0.2, -0.15) is 0 Å². The Morgan fingerprint density at radius 1 is 1.12 bits per heavy atom. The monoisotopic (exact) mass is 459 g/mol. The first-order valence-corrected chi connectivity index (χ1v) is 12.0. The number of hydrogen-bond acceptors (Lipinski definition) is 8. The van der Waals surface area contributed by atoms with Crippen LogP contribution < -0.4 is 5.32 Å². The lowest BCUT2D eigenvalue weighted by Crippen LogP contribution is -2.35. The Kier molecular flexibility index (Phi) is 5.24. The molecule has 1 fully saturated rings. The molecule has 10 heteroatoms. The second-order valence-corrected chi connectivity index (χ2v) is 9.21. The normalized spacial score (nSPS) is 21.9. The summed E-state index contributed by atoms with van der Waals surface area (Å²) < 4.78 is 9.94. The predicted molar refractivity (Wildman–Crippen MR) is 127 cm³/mol. The van der Waals surface area contributed by atoms with Crippen LogP contribution in [0.15, 0.2) is 25.0 Å². The number of ether oxygens (including phenoxy) is 1. The first kappa shape index (κ1) is 21.2. The van der Waals surface area contributed by atoms with Crippen molar-refractivity contribution in [2.45, 2.75) is 70.7 Å². The molecular formula is C24H29N9O. The highest BCUT2D eigenvalue weighted by molar-refractivity contribution is 5.86. The van der Waals surface area contributed by atoms with Gasteiger partial charge in [-0.25, -0.2) is 29.9 Å². The molecule has 34 heavy (non-hydrogen) atoms. The summed E-state index contributed by atoms with van der Waals surface area (Å²) in [6.45, 7) is 4.71. The van der Waals surface area contributed by atoms with Gasteiger partial charge in [0.05, 0.1) is 23.7 Å². The standard InChI is InChI=1S/C24H29N9O/c1-4-32-23(15-10-25-14(2)26-11-15)31-21-22(27-12-28-24(21)32)30-16-5-6-19-20(7-16)33(13-29-19)17-8-18(9-17)34-3/h10-13,16-18H,4-9H2,1-3H3,(H,27,28,30)/t16-,17?,18?/m0/s1. The number of fused-ring (bicyclic) bond motifs is 2. The number of aryl methyl sites for hydroxylation is 3. The predicted octanol–water partition coefficient (Wildman–Crippen LogP) is 3.13. The molecule has 2 aliphatic carbocycles. The van der Waals surface area contributed by atoms with E-state index in [9.17, 15) is 0 Å². The molecule has 2 aliphatic rings. The Morgan fingerprint density at radius 3 is 2.71 bits per heavy atom. The molecule has 1 N–H and O–H groups in total. The van der Waals surface area contributed by atoms with Gasteiger partial charge in [-0.15, -0.1) is 0 Å². The number of anilines is 1. The van der Waals surface area contributed by atoms with Crippen LogP contribution in [-0.2, 0) is 24.1 Å². The van der Waals surface area contributed by atoms with Crippen LogP contribution in [0.1, 0.15) is 49.4 Å². The average Bonchev–Trinajstić information content (AvgIpc) is 3.41. The zero-order chi connectivity index (χ0) is 23.2. The van der Waals surface area contributed by atoms with Crippen LogP contribution in [0, 0.1) is 6.92 Å². The molecule has 4 aromatic heterocycles. The van der Waals surface area contributed by atoms with Crippen molar-refractivity contribution in [3.05, 3.63) is 42.3 Å². The van der Waals surface area contributed by atoms with Gasteiger partial charge in [-0.1, -0.05) is 0 Å². The van der Waals surface area contributed by atoms with Gasteiger partial charge in [0, 0.05) is 50.2 Å². The van der Waals surface area contributed by atoms with Gasteiger partial charge in [-0.3, -0.25) is 0 Å². The van der Waals surface area contributed by atoms with Gasteiger partial charge in [0.25, 0.3) is 0 Å². The van der Waals surface area contributed by atoms with Crippen LogP contribution in [0.5, 0.6) is 0 Å². The van der Waals surface area contributed by atoms with Crippen molar-refractivity contribution in [2.24, 2.45) is 0 Å². The fourth-order valence-corrected chi connectivity index (χ4v) is 5.16. The van der Waals surface area contributed by atoms with E-state index in [1.807, 2.05) is 25.6 Å². The van der Waals surface area contributed by atoms with Gasteiger partial charge in [0.1, 0.15) is 18.0 Å². The van der Waals surface area contributed by atoms with Crippen LogP contribution in [0.4, 0.5) is 5.82 Å². The zero-order valence-electron chi connectivity index (χ0n) is 19.8. The molecule has 0 radical (unpaired) electrons. The van der Waals surface area contributed by atoms with Crippen molar-refractivity contribution < 1.29 is 4.74 Å². The van der Waals surface area contributed by atoms with Crippen LogP contribution in [0.2, 0.25) is 0 Å². The molecule has 0 bridgehead atoms. The van der Waals surface area contributed by atoms with E-state index in [1.54, 1.807) is 13.4 Å². The maximum absolute atomic E-state index is 5.48. The quantitative estimate of drug-likeness (QED) is 0.468. The van der Waals surface area contributed by atoms with E-state index in [0.29, 0.717) is 12.1 Å². The van der Waals surface area contributed by atoms with Crippen LogP contribution in [0.3, 0.4) is 0 Å². The van der Waals surface area contributed by atoms with E-state index >= 15 is 0 Å². The van der Waals surface area contributed by atoms with Crippen molar-refractivity contribution in [2.75, 3.05) is 12.4 Å². The minimum absolute atomic E-state index is 0.261. The summed E-state index contributed by atoms with van der Waals surface area (Å²) in [6.07, 6.45) is 12.6. The number of rotatable bonds is 6. The third-order valence-corrected chi connectivity index (χ3v) is 7.18. The lowest BCUT2D eigenvalue weighted by Gasteiger charge is -2.37. The number of nitrogens with one attached hydrogen (secondary N) is 1. The SMILES string of the molecule is CCn1c(-c2cnc(C)nc2)nc2c(N[C@H]3CCc4ncn(C5CC(OC)C5)c4C3)ncnc21. The molecule has 1 atom stereocenters. The second kappa shape index (κ2) is 8.43. The van der Waals surface area contributed by atoms with Crippen molar-refractivity contribution >= 4 is 17.0 Å². The first-order chi connectivity index (χ1) is 16.6.